The van der Waals surface area contributed by atoms with Crippen molar-refractivity contribution in [2.75, 3.05) is 13.2 Å². The molecule has 0 spiro atoms. The summed E-state index contributed by atoms with van der Waals surface area (Å²) < 4.78 is 28.4. The van der Waals surface area contributed by atoms with Gasteiger partial charge in [-0.2, -0.15) is 8.42 Å². The molecule has 68 valence electrons. The van der Waals surface area contributed by atoms with Gasteiger partial charge in [-0.05, 0) is 6.42 Å². The molecule has 4 N–H and O–H groups in total. The van der Waals surface area contributed by atoms with E-state index >= 15 is 0 Å². The number of aliphatic hydroxyl groups is 1. The Hall–Kier alpha value is -0.170. The molecule has 1 atom stereocenters. The fraction of sp³-hybridized carbons (Fsp3) is 1.00. The molecule has 0 aromatic rings. The highest BCUT2D eigenvalue weighted by atomic mass is 32.2. The summed E-state index contributed by atoms with van der Waals surface area (Å²) in [5, 5.41) is 8.69. The molecule has 1 unspecified atom stereocenters. The van der Waals surface area contributed by atoms with Crippen molar-refractivity contribution in [1.82, 2.24) is 0 Å². The maximum Gasteiger partial charge on any atom is 0.274 e. The zero-order valence-electron chi connectivity index (χ0n) is 6.32. The molecule has 0 amide bonds. The third-order valence-electron chi connectivity index (χ3n) is 1.85. The van der Waals surface area contributed by atoms with Gasteiger partial charge in [-0.15, -0.1) is 0 Å². The van der Waals surface area contributed by atoms with Crippen LogP contribution in [0.15, 0.2) is 0 Å². The van der Waals surface area contributed by atoms with E-state index in [2.05, 4.69) is 0 Å². The van der Waals surface area contributed by atoms with Gasteiger partial charge in [0, 0.05) is 6.54 Å². The lowest BCUT2D eigenvalue weighted by Crippen LogP contribution is -2.48. The minimum absolute atomic E-state index is 0.0961. The average Bonchev–Trinajstić information content (AvgIpc) is 1.90. The molecule has 0 aliphatic carbocycles. The van der Waals surface area contributed by atoms with Crippen molar-refractivity contribution >= 4 is 10.1 Å². The highest BCUT2D eigenvalue weighted by Crippen LogP contribution is 2.18. The van der Waals surface area contributed by atoms with E-state index in [-0.39, 0.29) is 13.0 Å². The van der Waals surface area contributed by atoms with Gasteiger partial charge in [-0.25, -0.2) is 0 Å². The van der Waals surface area contributed by atoms with Gasteiger partial charge in [0.05, 0.1) is 6.61 Å². The molecule has 0 aromatic carbocycles. The summed E-state index contributed by atoms with van der Waals surface area (Å²) in [5.41, 5.74) is 5.12. The van der Waals surface area contributed by atoms with Crippen LogP contribution in [0.2, 0.25) is 0 Å². The lowest BCUT2D eigenvalue weighted by atomic mass is 10.1. The molecule has 0 heterocycles. The molecule has 11 heavy (non-hydrogen) atoms. The van der Waals surface area contributed by atoms with E-state index in [0.717, 1.165) is 0 Å². The van der Waals surface area contributed by atoms with E-state index in [0.29, 0.717) is 0 Å². The van der Waals surface area contributed by atoms with Gasteiger partial charge < -0.3 is 10.8 Å². The smallest absolute Gasteiger partial charge is 0.274 e. The zero-order valence-corrected chi connectivity index (χ0v) is 7.13. The highest BCUT2D eigenvalue weighted by molar-refractivity contribution is 7.87. The summed E-state index contributed by atoms with van der Waals surface area (Å²) in [6.45, 7) is 0.606. The van der Waals surface area contributed by atoms with Crippen LogP contribution in [0.3, 0.4) is 0 Å². The quantitative estimate of drug-likeness (QED) is 0.484. The Bertz CT molecular complexity index is 198. The Labute approximate surface area is 66.0 Å². The number of rotatable bonds is 4. The van der Waals surface area contributed by atoms with Crippen LogP contribution in [0.4, 0.5) is 0 Å². The number of hydrogen-bond acceptors (Lipinski definition) is 4. The van der Waals surface area contributed by atoms with Crippen molar-refractivity contribution in [2.24, 2.45) is 5.73 Å². The molecule has 0 aliphatic heterocycles. The van der Waals surface area contributed by atoms with Crippen molar-refractivity contribution in [2.45, 2.75) is 18.1 Å². The standard InChI is InChI=1S/C5H13NO4S/c1-2-5(3-6,4-7)11(8,9)10/h7H,2-4,6H2,1H3,(H,8,9,10). The summed E-state index contributed by atoms with van der Waals surface area (Å²) in [5.74, 6) is 0. The second kappa shape index (κ2) is 3.48. The van der Waals surface area contributed by atoms with Crippen LogP contribution in [0.1, 0.15) is 13.3 Å². The average molecular weight is 183 g/mol. The van der Waals surface area contributed by atoms with Crippen molar-refractivity contribution in [1.29, 1.82) is 0 Å². The van der Waals surface area contributed by atoms with Crippen LogP contribution in [-0.2, 0) is 10.1 Å². The van der Waals surface area contributed by atoms with E-state index in [9.17, 15) is 8.42 Å². The van der Waals surface area contributed by atoms with Gasteiger partial charge in [-0.3, -0.25) is 4.55 Å². The minimum atomic E-state index is -4.25. The Kier molecular flexibility index (Phi) is 3.43. The summed E-state index contributed by atoms with van der Waals surface area (Å²) in [4.78, 5) is 0. The lowest BCUT2D eigenvalue weighted by Gasteiger charge is -2.24. The number of aliphatic hydroxyl groups excluding tert-OH is 1. The maximum atomic E-state index is 10.7. The fourth-order valence-electron chi connectivity index (χ4n) is 0.690. The van der Waals surface area contributed by atoms with Crippen molar-refractivity contribution in [3.63, 3.8) is 0 Å². The summed E-state index contributed by atoms with van der Waals surface area (Å²) in [6, 6.07) is 0. The van der Waals surface area contributed by atoms with Crippen molar-refractivity contribution in [3.8, 4) is 0 Å². The second-order valence-corrected chi connectivity index (χ2v) is 4.19. The molecular formula is C5H13NO4S. The van der Waals surface area contributed by atoms with E-state index in [1.807, 2.05) is 0 Å². The van der Waals surface area contributed by atoms with Gasteiger partial charge in [0.15, 0.2) is 0 Å². The maximum absolute atomic E-state index is 10.7. The van der Waals surface area contributed by atoms with Gasteiger partial charge >= 0.3 is 0 Å². The fourth-order valence-corrected chi connectivity index (χ4v) is 1.43. The van der Waals surface area contributed by atoms with Crippen LogP contribution >= 0.6 is 0 Å². The predicted octanol–water partition coefficient (Wildman–Crippen LogP) is -1.03. The largest absolute Gasteiger partial charge is 0.395 e. The summed E-state index contributed by atoms with van der Waals surface area (Å²) >= 11 is 0. The van der Waals surface area contributed by atoms with Crippen molar-refractivity contribution < 1.29 is 18.1 Å². The van der Waals surface area contributed by atoms with Crippen LogP contribution < -0.4 is 5.73 Å². The third-order valence-corrected chi connectivity index (χ3v) is 3.53. The van der Waals surface area contributed by atoms with Crippen LogP contribution in [-0.4, -0.2) is 36.0 Å². The molecule has 6 heteroatoms. The summed E-state index contributed by atoms with van der Waals surface area (Å²) in [7, 11) is -4.25. The van der Waals surface area contributed by atoms with Gasteiger partial charge in [-0.1, -0.05) is 6.92 Å². The van der Waals surface area contributed by atoms with Crippen molar-refractivity contribution in [3.05, 3.63) is 0 Å². The number of hydrogen-bond donors (Lipinski definition) is 3. The molecule has 0 bridgehead atoms. The SMILES string of the molecule is CCC(CN)(CO)S(=O)(=O)O. The molecule has 0 aromatic heterocycles. The first-order valence-corrected chi connectivity index (χ1v) is 4.65. The van der Waals surface area contributed by atoms with E-state index in [1.165, 1.54) is 6.92 Å². The summed E-state index contributed by atoms with van der Waals surface area (Å²) in [6.07, 6.45) is 0.0961. The highest BCUT2D eigenvalue weighted by Gasteiger charge is 2.39. The lowest BCUT2D eigenvalue weighted by molar-refractivity contribution is 0.230. The Balaban J connectivity index is 4.86. The van der Waals surface area contributed by atoms with Gasteiger partial charge in [0.25, 0.3) is 10.1 Å². The Morgan fingerprint density at radius 2 is 2.00 bits per heavy atom. The molecular weight excluding hydrogens is 170 g/mol. The Morgan fingerprint density at radius 3 is 2.00 bits per heavy atom. The van der Waals surface area contributed by atoms with E-state index in [4.69, 9.17) is 15.4 Å². The molecule has 5 nitrogen and oxygen atoms in total. The topological polar surface area (TPSA) is 101 Å². The predicted molar refractivity (Wildman–Crippen MR) is 40.7 cm³/mol. The van der Waals surface area contributed by atoms with E-state index < -0.39 is 21.5 Å². The third kappa shape index (κ3) is 1.90. The van der Waals surface area contributed by atoms with Gasteiger partial charge in [0.2, 0.25) is 0 Å². The normalized spacial score (nSPS) is 17.8. The number of nitrogens with two attached hydrogens (primary N) is 1. The minimum Gasteiger partial charge on any atom is -0.395 e. The monoisotopic (exact) mass is 183 g/mol. The molecule has 0 fully saturated rings. The van der Waals surface area contributed by atoms with Gasteiger partial charge in [0.1, 0.15) is 4.75 Å². The molecule has 0 saturated heterocycles. The second-order valence-electron chi connectivity index (χ2n) is 2.37. The van der Waals surface area contributed by atoms with Crippen LogP contribution in [0.25, 0.3) is 0 Å². The zero-order chi connectivity index (χ0) is 9.12. The first-order chi connectivity index (χ1) is 4.93. The first-order valence-electron chi connectivity index (χ1n) is 3.21. The molecule has 0 aliphatic rings. The molecule has 0 saturated carbocycles. The van der Waals surface area contributed by atoms with E-state index in [1.54, 1.807) is 0 Å². The Morgan fingerprint density at radius 1 is 1.55 bits per heavy atom. The first kappa shape index (κ1) is 10.8. The van der Waals surface area contributed by atoms with Crippen LogP contribution in [0, 0.1) is 0 Å². The molecule has 0 radical (unpaired) electrons. The van der Waals surface area contributed by atoms with Crippen LogP contribution in [0.5, 0.6) is 0 Å². The molecule has 0 rings (SSSR count).